The lowest BCUT2D eigenvalue weighted by atomic mass is 9.94. The first-order valence-electron chi connectivity index (χ1n) is 7.84. The van der Waals surface area contributed by atoms with Crippen molar-refractivity contribution in [1.82, 2.24) is 15.6 Å². The summed E-state index contributed by atoms with van der Waals surface area (Å²) in [6.45, 7) is 9.65. The molecule has 2 rings (SSSR count). The second-order valence-electron chi connectivity index (χ2n) is 6.57. The van der Waals surface area contributed by atoms with Gasteiger partial charge in [-0.1, -0.05) is 45.0 Å². The first-order valence-corrected chi connectivity index (χ1v) is 7.84. The summed E-state index contributed by atoms with van der Waals surface area (Å²) < 4.78 is 5.77. The highest BCUT2D eigenvalue weighted by Gasteiger charge is 2.19. The number of rotatable bonds is 4. The van der Waals surface area contributed by atoms with Gasteiger partial charge in [0, 0.05) is 19.0 Å². The first-order chi connectivity index (χ1) is 10.9. The Hall–Kier alpha value is -2.30. The Morgan fingerprint density at radius 3 is 2.48 bits per heavy atom. The smallest absolute Gasteiger partial charge is 0.213 e. The van der Waals surface area contributed by atoms with Gasteiger partial charge in [0.2, 0.25) is 5.89 Å². The Bertz CT molecular complexity index is 668. The van der Waals surface area contributed by atoms with Crippen molar-refractivity contribution < 1.29 is 4.42 Å². The van der Waals surface area contributed by atoms with Gasteiger partial charge in [0.1, 0.15) is 5.76 Å². The molecule has 2 N–H and O–H groups in total. The molecule has 5 heteroatoms. The van der Waals surface area contributed by atoms with E-state index in [4.69, 9.17) is 4.42 Å². The molecule has 0 fully saturated rings. The summed E-state index contributed by atoms with van der Waals surface area (Å²) in [6.07, 6.45) is 1.79. The van der Waals surface area contributed by atoms with Crippen molar-refractivity contribution in [2.75, 3.05) is 7.05 Å². The minimum absolute atomic E-state index is 0.0317. The second-order valence-corrected chi connectivity index (χ2v) is 6.57. The van der Waals surface area contributed by atoms with Crippen LogP contribution in [0.25, 0.3) is 0 Å². The molecule has 0 saturated heterocycles. The van der Waals surface area contributed by atoms with Crippen LogP contribution in [0.4, 0.5) is 0 Å². The zero-order valence-corrected chi connectivity index (χ0v) is 14.6. The SMILES string of the molecule is CN=C(NCc1ncc(C(C)(C)C)o1)NCc1ccccc1C. The molecule has 0 aliphatic rings. The monoisotopic (exact) mass is 314 g/mol. The molecular formula is C18H26N4O. The zero-order valence-electron chi connectivity index (χ0n) is 14.6. The molecule has 0 aliphatic carbocycles. The number of guanidine groups is 1. The number of hydrogen-bond acceptors (Lipinski definition) is 3. The number of nitrogens with one attached hydrogen (secondary N) is 2. The van der Waals surface area contributed by atoms with E-state index in [9.17, 15) is 0 Å². The van der Waals surface area contributed by atoms with E-state index in [0.717, 1.165) is 18.3 Å². The van der Waals surface area contributed by atoms with Gasteiger partial charge in [-0.05, 0) is 18.1 Å². The highest BCUT2D eigenvalue weighted by atomic mass is 16.4. The summed E-state index contributed by atoms with van der Waals surface area (Å²) in [7, 11) is 1.75. The second kappa shape index (κ2) is 7.31. The lowest BCUT2D eigenvalue weighted by Crippen LogP contribution is -2.36. The molecule has 1 aromatic heterocycles. The van der Waals surface area contributed by atoms with Gasteiger partial charge in [0.15, 0.2) is 5.96 Å². The van der Waals surface area contributed by atoms with Gasteiger partial charge in [-0.2, -0.15) is 0 Å². The predicted octanol–water partition coefficient (Wildman–Crippen LogP) is 3.15. The van der Waals surface area contributed by atoms with Gasteiger partial charge in [0.25, 0.3) is 0 Å². The molecule has 0 aliphatic heterocycles. The summed E-state index contributed by atoms with van der Waals surface area (Å²) in [5, 5.41) is 6.53. The third kappa shape index (κ3) is 4.84. The Morgan fingerprint density at radius 1 is 1.17 bits per heavy atom. The van der Waals surface area contributed by atoms with Gasteiger partial charge >= 0.3 is 0 Å². The molecule has 0 saturated carbocycles. The highest BCUT2D eigenvalue weighted by molar-refractivity contribution is 5.79. The van der Waals surface area contributed by atoms with Crippen molar-refractivity contribution in [3.05, 3.63) is 53.2 Å². The summed E-state index contributed by atoms with van der Waals surface area (Å²) in [5.74, 6) is 2.27. The van der Waals surface area contributed by atoms with E-state index in [0.29, 0.717) is 12.4 Å². The Kier molecular flexibility index (Phi) is 5.42. The molecule has 0 bridgehead atoms. The molecule has 1 aromatic carbocycles. The fourth-order valence-corrected chi connectivity index (χ4v) is 2.11. The van der Waals surface area contributed by atoms with Crippen LogP contribution in [0.3, 0.4) is 0 Å². The molecule has 2 aromatic rings. The van der Waals surface area contributed by atoms with E-state index >= 15 is 0 Å². The molecular weight excluding hydrogens is 288 g/mol. The number of hydrogen-bond donors (Lipinski definition) is 2. The summed E-state index contributed by atoms with van der Waals surface area (Å²) in [5.41, 5.74) is 2.48. The molecule has 5 nitrogen and oxygen atoms in total. The maximum absolute atomic E-state index is 5.77. The van der Waals surface area contributed by atoms with E-state index in [2.05, 4.69) is 60.4 Å². The zero-order chi connectivity index (χ0) is 16.9. The van der Waals surface area contributed by atoms with Crippen LogP contribution in [-0.2, 0) is 18.5 Å². The van der Waals surface area contributed by atoms with Crippen molar-refractivity contribution in [3.8, 4) is 0 Å². The standard InChI is InChI=1S/C18H26N4O/c1-13-8-6-7-9-14(13)10-21-17(19-5)22-12-16-20-11-15(23-16)18(2,3)4/h6-9,11H,10,12H2,1-5H3,(H2,19,21,22). The van der Waals surface area contributed by atoms with Gasteiger partial charge < -0.3 is 15.1 Å². The van der Waals surface area contributed by atoms with Gasteiger partial charge in [-0.15, -0.1) is 0 Å². The lowest BCUT2D eigenvalue weighted by Gasteiger charge is -2.14. The van der Waals surface area contributed by atoms with Crippen LogP contribution >= 0.6 is 0 Å². The largest absolute Gasteiger partial charge is 0.443 e. The quantitative estimate of drug-likeness (QED) is 0.672. The number of nitrogens with zero attached hydrogens (tertiary/aromatic N) is 2. The first kappa shape index (κ1) is 17.1. The maximum atomic E-state index is 5.77. The van der Waals surface area contributed by atoms with Gasteiger partial charge in [-0.3, -0.25) is 4.99 Å². The molecule has 0 atom stereocenters. The molecule has 23 heavy (non-hydrogen) atoms. The predicted molar refractivity (Wildman–Crippen MR) is 93.4 cm³/mol. The van der Waals surface area contributed by atoms with Crippen LogP contribution in [0.2, 0.25) is 0 Å². The number of benzene rings is 1. The van der Waals surface area contributed by atoms with Crippen LogP contribution in [0, 0.1) is 6.92 Å². The summed E-state index contributed by atoms with van der Waals surface area (Å²) >= 11 is 0. The topological polar surface area (TPSA) is 62.5 Å². The minimum Gasteiger partial charge on any atom is -0.443 e. The molecule has 0 amide bonds. The summed E-state index contributed by atoms with van der Waals surface area (Å²) in [4.78, 5) is 8.54. The van der Waals surface area contributed by atoms with Crippen LogP contribution in [-0.4, -0.2) is 18.0 Å². The molecule has 0 unspecified atom stereocenters. The van der Waals surface area contributed by atoms with E-state index in [-0.39, 0.29) is 5.41 Å². The maximum Gasteiger partial charge on any atom is 0.213 e. The number of oxazole rings is 1. The lowest BCUT2D eigenvalue weighted by molar-refractivity contribution is 0.379. The molecule has 0 spiro atoms. The average Bonchev–Trinajstić information content (AvgIpc) is 2.98. The Balaban J connectivity index is 1.88. The highest BCUT2D eigenvalue weighted by Crippen LogP contribution is 2.22. The van der Waals surface area contributed by atoms with Crippen LogP contribution in [0.5, 0.6) is 0 Å². The van der Waals surface area contributed by atoms with Gasteiger partial charge in [0.05, 0.1) is 12.7 Å². The average molecular weight is 314 g/mol. The van der Waals surface area contributed by atoms with Crippen LogP contribution in [0.1, 0.15) is 43.5 Å². The van der Waals surface area contributed by atoms with Crippen molar-refractivity contribution in [2.45, 2.75) is 46.2 Å². The minimum atomic E-state index is -0.0317. The normalized spacial score (nSPS) is 12.3. The van der Waals surface area contributed by atoms with E-state index < -0.39 is 0 Å². The van der Waals surface area contributed by atoms with E-state index in [1.807, 2.05) is 12.1 Å². The molecule has 0 radical (unpaired) electrons. The number of aromatic nitrogens is 1. The van der Waals surface area contributed by atoms with E-state index in [1.165, 1.54) is 11.1 Å². The third-order valence-corrected chi connectivity index (χ3v) is 3.63. The number of aryl methyl sites for hydroxylation is 1. The van der Waals surface area contributed by atoms with Crippen molar-refractivity contribution in [2.24, 2.45) is 4.99 Å². The van der Waals surface area contributed by atoms with Crippen molar-refractivity contribution in [3.63, 3.8) is 0 Å². The third-order valence-electron chi connectivity index (χ3n) is 3.63. The molecule has 124 valence electrons. The Labute approximate surface area is 138 Å². The fourth-order valence-electron chi connectivity index (χ4n) is 2.11. The summed E-state index contributed by atoms with van der Waals surface area (Å²) in [6, 6.07) is 8.30. The van der Waals surface area contributed by atoms with Crippen molar-refractivity contribution in [1.29, 1.82) is 0 Å². The van der Waals surface area contributed by atoms with E-state index in [1.54, 1.807) is 13.2 Å². The van der Waals surface area contributed by atoms with Crippen LogP contribution in [0.15, 0.2) is 39.9 Å². The Morgan fingerprint density at radius 2 is 1.87 bits per heavy atom. The van der Waals surface area contributed by atoms with Gasteiger partial charge in [-0.25, -0.2) is 4.98 Å². The van der Waals surface area contributed by atoms with Crippen molar-refractivity contribution >= 4 is 5.96 Å². The number of aliphatic imine (C=N–C) groups is 1. The molecule has 1 heterocycles. The van der Waals surface area contributed by atoms with Crippen LogP contribution < -0.4 is 10.6 Å². The fraction of sp³-hybridized carbons (Fsp3) is 0.444.